The van der Waals surface area contributed by atoms with Gasteiger partial charge in [-0.2, -0.15) is 0 Å². The number of aliphatic hydroxyl groups excluding tert-OH is 5. The summed E-state index contributed by atoms with van der Waals surface area (Å²) in [6.07, 6.45) is -1.09. The molecule has 0 aliphatic rings. The van der Waals surface area contributed by atoms with Gasteiger partial charge in [0.2, 0.25) is 0 Å². The first kappa shape index (κ1) is 22.8. The predicted molar refractivity (Wildman–Crippen MR) is 91.1 cm³/mol. The van der Waals surface area contributed by atoms with Crippen molar-refractivity contribution in [1.29, 1.82) is 0 Å². The molecule has 0 aliphatic carbocycles. The monoisotopic (exact) mass is 335 g/mol. The summed E-state index contributed by atoms with van der Waals surface area (Å²) in [4.78, 5) is 1.94. The zero-order valence-electron chi connectivity index (χ0n) is 15.1. The first-order valence-corrected chi connectivity index (χ1v) is 8.78. The van der Waals surface area contributed by atoms with Gasteiger partial charge in [0.25, 0.3) is 0 Å². The topological polar surface area (TPSA) is 104 Å². The normalized spacial score (nSPS) is 20.1. The van der Waals surface area contributed by atoms with Crippen molar-refractivity contribution in [2.45, 2.75) is 70.9 Å². The van der Waals surface area contributed by atoms with E-state index in [0.29, 0.717) is 11.8 Å². The second-order valence-electron chi connectivity index (χ2n) is 6.92. The van der Waals surface area contributed by atoms with Gasteiger partial charge >= 0.3 is 0 Å². The number of rotatable bonds is 13. The number of hydrogen-bond acceptors (Lipinski definition) is 6. The molecule has 6 atom stereocenters. The molecule has 0 fully saturated rings. The van der Waals surface area contributed by atoms with Gasteiger partial charge in [-0.15, -0.1) is 0 Å². The maximum atomic E-state index is 10.0. The van der Waals surface area contributed by atoms with E-state index in [9.17, 15) is 20.4 Å². The van der Waals surface area contributed by atoms with E-state index in [-0.39, 0.29) is 6.54 Å². The lowest BCUT2D eigenvalue weighted by Gasteiger charge is -2.30. The van der Waals surface area contributed by atoms with Gasteiger partial charge in [-0.1, -0.05) is 40.0 Å². The van der Waals surface area contributed by atoms with E-state index in [0.717, 1.165) is 19.4 Å². The molecule has 0 spiro atoms. The first-order chi connectivity index (χ1) is 10.8. The number of hydrogen-bond donors (Lipinski definition) is 5. The second kappa shape index (κ2) is 12.2. The minimum atomic E-state index is -1.56. The van der Waals surface area contributed by atoms with Gasteiger partial charge in [-0.3, -0.25) is 0 Å². The number of nitrogens with zero attached hydrogens (tertiary/aromatic N) is 1. The average molecular weight is 335 g/mol. The van der Waals surface area contributed by atoms with Crippen LogP contribution < -0.4 is 0 Å². The molecular weight excluding hydrogens is 298 g/mol. The predicted octanol–water partition coefficient (Wildman–Crippen LogP) is 0.207. The van der Waals surface area contributed by atoms with Crippen molar-refractivity contribution in [1.82, 2.24) is 4.90 Å². The Bertz CT molecular complexity index is 292. The lowest BCUT2D eigenvalue weighted by Crippen LogP contribution is -2.49. The highest BCUT2D eigenvalue weighted by atomic mass is 16.4. The van der Waals surface area contributed by atoms with Crippen molar-refractivity contribution in [3.8, 4) is 0 Å². The van der Waals surface area contributed by atoms with Crippen LogP contribution in [0.3, 0.4) is 0 Å². The van der Waals surface area contributed by atoms with Crippen molar-refractivity contribution in [3.63, 3.8) is 0 Å². The highest BCUT2D eigenvalue weighted by Gasteiger charge is 2.30. The summed E-state index contributed by atoms with van der Waals surface area (Å²) in [5.74, 6) is 1.20. The van der Waals surface area contributed by atoms with Gasteiger partial charge < -0.3 is 30.4 Å². The minimum Gasteiger partial charge on any atom is -0.394 e. The van der Waals surface area contributed by atoms with Crippen LogP contribution in [-0.4, -0.2) is 81.6 Å². The number of likely N-dealkylation sites (N-methyl/N-ethyl adjacent to an activating group) is 1. The standard InChI is InChI=1S/C17H37NO5/c1-5-7-12(3)8-13(6-2)9-18(4)10-14(20)16(22)17(23)15(21)11-19/h12-17,19-23H,5-11H2,1-4H3. The fourth-order valence-electron chi connectivity index (χ4n) is 3.06. The Balaban J connectivity index is 4.36. The van der Waals surface area contributed by atoms with Gasteiger partial charge in [0.1, 0.15) is 18.3 Å². The molecule has 6 nitrogen and oxygen atoms in total. The zero-order chi connectivity index (χ0) is 18.0. The zero-order valence-corrected chi connectivity index (χ0v) is 15.1. The van der Waals surface area contributed by atoms with Crippen LogP contribution in [0.4, 0.5) is 0 Å². The highest BCUT2D eigenvalue weighted by molar-refractivity contribution is 4.82. The Kier molecular flexibility index (Phi) is 12.0. The molecule has 0 aromatic heterocycles. The number of aliphatic hydroxyl groups is 5. The molecular formula is C17H37NO5. The lowest BCUT2D eigenvalue weighted by molar-refractivity contribution is -0.119. The Morgan fingerprint density at radius 3 is 1.96 bits per heavy atom. The summed E-state index contributed by atoms with van der Waals surface area (Å²) in [6, 6.07) is 0. The molecule has 0 bridgehead atoms. The fourth-order valence-corrected chi connectivity index (χ4v) is 3.06. The Morgan fingerprint density at radius 2 is 1.48 bits per heavy atom. The molecule has 6 heteroatoms. The summed E-state index contributed by atoms with van der Waals surface area (Å²) in [7, 11) is 1.87. The summed E-state index contributed by atoms with van der Waals surface area (Å²) in [6.45, 7) is 6.96. The quantitative estimate of drug-likeness (QED) is 0.329. The van der Waals surface area contributed by atoms with Crippen molar-refractivity contribution in [2.75, 3.05) is 26.7 Å². The molecule has 140 valence electrons. The molecule has 0 saturated heterocycles. The molecule has 0 rings (SSSR count). The van der Waals surface area contributed by atoms with Crippen LogP contribution in [0.2, 0.25) is 0 Å². The van der Waals surface area contributed by atoms with Crippen molar-refractivity contribution >= 4 is 0 Å². The third kappa shape index (κ3) is 8.98. The SMILES string of the molecule is CCCC(C)CC(CC)CN(C)CC(O)C(O)C(O)C(O)CO. The summed E-state index contributed by atoms with van der Waals surface area (Å²) in [5.41, 5.74) is 0. The summed E-state index contributed by atoms with van der Waals surface area (Å²) >= 11 is 0. The molecule has 0 heterocycles. The maximum absolute atomic E-state index is 10.0. The first-order valence-electron chi connectivity index (χ1n) is 8.78. The molecule has 0 amide bonds. The smallest absolute Gasteiger partial charge is 0.111 e. The molecule has 0 aliphatic heterocycles. The fraction of sp³-hybridized carbons (Fsp3) is 1.00. The molecule has 23 heavy (non-hydrogen) atoms. The van der Waals surface area contributed by atoms with E-state index >= 15 is 0 Å². The van der Waals surface area contributed by atoms with Crippen LogP contribution >= 0.6 is 0 Å². The Labute approximate surface area is 140 Å². The summed E-state index contributed by atoms with van der Waals surface area (Å²) in [5, 5.41) is 47.6. The molecule has 0 radical (unpaired) electrons. The Morgan fingerprint density at radius 1 is 0.913 bits per heavy atom. The average Bonchev–Trinajstić information content (AvgIpc) is 2.51. The van der Waals surface area contributed by atoms with Gasteiger partial charge in [-0.25, -0.2) is 0 Å². The van der Waals surface area contributed by atoms with Gasteiger partial charge in [0.15, 0.2) is 0 Å². The summed E-state index contributed by atoms with van der Waals surface area (Å²) < 4.78 is 0. The molecule has 0 saturated carbocycles. The van der Waals surface area contributed by atoms with Crippen LogP contribution in [0.1, 0.15) is 46.5 Å². The lowest BCUT2D eigenvalue weighted by atomic mass is 9.90. The Hall–Kier alpha value is -0.240. The third-order valence-corrected chi connectivity index (χ3v) is 4.49. The minimum absolute atomic E-state index is 0.203. The van der Waals surface area contributed by atoms with Crippen LogP contribution in [0.5, 0.6) is 0 Å². The van der Waals surface area contributed by atoms with Crippen LogP contribution in [-0.2, 0) is 0 Å². The van der Waals surface area contributed by atoms with E-state index in [1.165, 1.54) is 12.8 Å². The third-order valence-electron chi connectivity index (χ3n) is 4.49. The maximum Gasteiger partial charge on any atom is 0.111 e. The van der Waals surface area contributed by atoms with E-state index in [2.05, 4.69) is 20.8 Å². The van der Waals surface area contributed by atoms with E-state index < -0.39 is 31.0 Å². The van der Waals surface area contributed by atoms with Crippen LogP contribution in [0.25, 0.3) is 0 Å². The highest BCUT2D eigenvalue weighted by Crippen LogP contribution is 2.20. The molecule has 0 aromatic carbocycles. The van der Waals surface area contributed by atoms with E-state index in [4.69, 9.17) is 5.11 Å². The second-order valence-corrected chi connectivity index (χ2v) is 6.92. The van der Waals surface area contributed by atoms with Crippen molar-refractivity contribution in [3.05, 3.63) is 0 Å². The van der Waals surface area contributed by atoms with Gasteiger partial charge in [0, 0.05) is 13.1 Å². The molecule has 6 unspecified atom stereocenters. The molecule has 5 N–H and O–H groups in total. The van der Waals surface area contributed by atoms with Crippen LogP contribution in [0.15, 0.2) is 0 Å². The van der Waals surface area contributed by atoms with Gasteiger partial charge in [0.05, 0.1) is 12.7 Å². The van der Waals surface area contributed by atoms with E-state index in [1.54, 1.807) is 0 Å². The largest absolute Gasteiger partial charge is 0.394 e. The van der Waals surface area contributed by atoms with Crippen LogP contribution in [0, 0.1) is 11.8 Å². The van der Waals surface area contributed by atoms with E-state index in [1.807, 2.05) is 11.9 Å². The molecule has 0 aromatic rings. The van der Waals surface area contributed by atoms with Gasteiger partial charge in [-0.05, 0) is 25.3 Å². The van der Waals surface area contributed by atoms with Crippen molar-refractivity contribution in [2.24, 2.45) is 11.8 Å². The van der Waals surface area contributed by atoms with Crippen molar-refractivity contribution < 1.29 is 25.5 Å².